The smallest absolute Gasteiger partial charge is 0.123 e. The van der Waals surface area contributed by atoms with Gasteiger partial charge in [-0.25, -0.2) is 4.39 Å². The third-order valence-electron chi connectivity index (χ3n) is 2.86. The van der Waals surface area contributed by atoms with Crippen molar-refractivity contribution in [2.45, 2.75) is 12.3 Å². The molecule has 102 valence electrons. The van der Waals surface area contributed by atoms with Gasteiger partial charge in [0.2, 0.25) is 0 Å². The SMILES string of the molecule is COCCNCC(CCSC)c1cccc(F)c1. The van der Waals surface area contributed by atoms with Crippen LogP contribution in [0.25, 0.3) is 0 Å². The van der Waals surface area contributed by atoms with Crippen molar-refractivity contribution in [3.63, 3.8) is 0 Å². The van der Waals surface area contributed by atoms with Gasteiger partial charge in [-0.2, -0.15) is 11.8 Å². The van der Waals surface area contributed by atoms with Crippen LogP contribution in [-0.2, 0) is 4.74 Å². The van der Waals surface area contributed by atoms with Crippen LogP contribution < -0.4 is 5.32 Å². The van der Waals surface area contributed by atoms with Crippen molar-refractivity contribution in [1.82, 2.24) is 5.32 Å². The summed E-state index contributed by atoms with van der Waals surface area (Å²) in [6.07, 6.45) is 3.16. The summed E-state index contributed by atoms with van der Waals surface area (Å²) in [7, 11) is 1.69. The largest absolute Gasteiger partial charge is 0.383 e. The van der Waals surface area contributed by atoms with Crippen LogP contribution in [-0.4, -0.2) is 38.8 Å². The van der Waals surface area contributed by atoms with Crippen molar-refractivity contribution in [1.29, 1.82) is 0 Å². The number of benzene rings is 1. The number of rotatable bonds is 9. The molecule has 0 saturated heterocycles. The number of ether oxygens (including phenoxy) is 1. The van der Waals surface area contributed by atoms with Gasteiger partial charge in [-0.15, -0.1) is 0 Å². The highest BCUT2D eigenvalue weighted by Crippen LogP contribution is 2.21. The van der Waals surface area contributed by atoms with Gasteiger partial charge < -0.3 is 10.1 Å². The zero-order valence-corrected chi connectivity index (χ0v) is 11.9. The highest BCUT2D eigenvalue weighted by molar-refractivity contribution is 7.98. The summed E-state index contributed by atoms with van der Waals surface area (Å²) in [4.78, 5) is 0. The van der Waals surface area contributed by atoms with E-state index in [2.05, 4.69) is 11.6 Å². The number of hydrogen-bond donors (Lipinski definition) is 1. The minimum Gasteiger partial charge on any atom is -0.383 e. The molecular weight excluding hydrogens is 249 g/mol. The van der Waals surface area contributed by atoms with Crippen molar-refractivity contribution < 1.29 is 9.13 Å². The highest BCUT2D eigenvalue weighted by Gasteiger charge is 2.11. The molecule has 2 nitrogen and oxygen atoms in total. The second-order valence-corrected chi connectivity index (χ2v) is 5.22. The van der Waals surface area contributed by atoms with E-state index in [1.165, 1.54) is 6.07 Å². The van der Waals surface area contributed by atoms with Gasteiger partial charge in [0.15, 0.2) is 0 Å². The van der Waals surface area contributed by atoms with Crippen LogP contribution in [0.4, 0.5) is 4.39 Å². The van der Waals surface area contributed by atoms with E-state index in [-0.39, 0.29) is 5.82 Å². The van der Waals surface area contributed by atoms with Crippen molar-refractivity contribution in [2.24, 2.45) is 0 Å². The fraction of sp³-hybridized carbons (Fsp3) is 0.571. The van der Waals surface area contributed by atoms with E-state index in [0.29, 0.717) is 12.5 Å². The fourth-order valence-electron chi connectivity index (χ4n) is 1.86. The summed E-state index contributed by atoms with van der Waals surface area (Å²) in [5.74, 6) is 1.30. The monoisotopic (exact) mass is 271 g/mol. The van der Waals surface area contributed by atoms with Gasteiger partial charge in [0, 0.05) is 20.2 Å². The van der Waals surface area contributed by atoms with E-state index >= 15 is 0 Å². The average molecular weight is 271 g/mol. The first kappa shape index (κ1) is 15.5. The molecule has 0 saturated carbocycles. The van der Waals surface area contributed by atoms with Gasteiger partial charge in [0.1, 0.15) is 5.82 Å². The summed E-state index contributed by atoms with van der Waals surface area (Å²) >= 11 is 1.83. The molecule has 0 aromatic heterocycles. The molecule has 1 atom stereocenters. The minimum atomic E-state index is -0.154. The van der Waals surface area contributed by atoms with Crippen LogP contribution in [0.2, 0.25) is 0 Å². The first-order chi connectivity index (χ1) is 8.77. The Hall–Kier alpha value is -0.580. The Morgan fingerprint density at radius 2 is 2.28 bits per heavy atom. The summed E-state index contributed by atoms with van der Waals surface area (Å²) in [5.41, 5.74) is 1.08. The third kappa shape index (κ3) is 5.85. The van der Waals surface area contributed by atoms with Gasteiger partial charge >= 0.3 is 0 Å². The fourth-order valence-corrected chi connectivity index (χ4v) is 2.38. The van der Waals surface area contributed by atoms with E-state index in [4.69, 9.17) is 4.74 Å². The van der Waals surface area contributed by atoms with E-state index in [1.807, 2.05) is 17.8 Å². The van der Waals surface area contributed by atoms with E-state index in [1.54, 1.807) is 19.2 Å². The van der Waals surface area contributed by atoms with Crippen LogP contribution >= 0.6 is 11.8 Å². The van der Waals surface area contributed by atoms with Crippen LogP contribution in [0.5, 0.6) is 0 Å². The van der Waals surface area contributed by atoms with Gasteiger partial charge in [-0.3, -0.25) is 0 Å². The molecule has 0 heterocycles. The lowest BCUT2D eigenvalue weighted by atomic mass is 9.96. The molecule has 0 fully saturated rings. The van der Waals surface area contributed by atoms with E-state index in [9.17, 15) is 4.39 Å². The number of halogens is 1. The molecule has 18 heavy (non-hydrogen) atoms. The highest BCUT2D eigenvalue weighted by atomic mass is 32.2. The number of thioether (sulfide) groups is 1. The summed E-state index contributed by atoms with van der Waals surface area (Å²) < 4.78 is 18.2. The van der Waals surface area contributed by atoms with Gasteiger partial charge in [-0.1, -0.05) is 12.1 Å². The molecule has 4 heteroatoms. The lowest BCUT2D eigenvalue weighted by molar-refractivity contribution is 0.199. The second kappa shape index (κ2) is 9.36. The standard InChI is InChI=1S/C14H22FNOS/c1-17-8-7-16-11-13(6-9-18-2)12-4-3-5-14(15)10-12/h3-5,10,13,16H,6-9,11H2,1-2H3. The average Bonchev–Trinajstić information content (AvgIpc) is 2.38. The Balaban J connectivity index is 2.54. The first-order valence-electron chi connectivity index (χ1n) is 6.22. The van der Waals surface area contributed by atoms with Crippen LogP contribution in [0.1, 0.15) is 17.9 Å². The predicted molar refractivity (Wildman–Crippen MR) is 76.9 cm³/mol. The Morgan fingerprint density at radius 3 is 2.94 bits per heavy atom. The van der Waals surface area contributed by atoms with Crippen LogP contribution in [0.3, 0.4) is 0 Å². The Bertz CT molecular complexity index is 335. The molecule has 1 rings (SSSR count). The number of nitrogens with one attached hydrogen (secondary N) is 1. The van der Waals surface area contributed by atoms with Crippen molar-refractivity contribution in [3.05, 3.63) is 35.6 Å². The molecule has 1 aromatic rings. The molecule has 0 aliphatic rings. The lowest BCUT2D eigenvalue weighted by Gasteiger charge is -2.18. The van der Waals surface area contributed by atoms with Crippen molar-refractivity contribution in [2.75, 3.05) is 38.8 Å². The molecule has 0 radical (unpaired) electrons. The molecule has 1 unspecified atom stereocenters. The maximum atomic E-state index is 13.2. The maximum absolute atomic E-state index is 13.2. The molecule has 0 bridgehead atoms. The lowest BCUT2D eigenvalue weighted by Crippen LogP contribution is -2.25. The minimum absolute atomic E-state index is 0.154. The third-order valence-corrected chi connectivity index (χ3v) is 3.51. The molecule has 1 N–H and O–H groups in total. The van der Waals surface area contributed by atoms with Crippen LogP contribution in [0.15, 0.2) is 24.3 Å². The quantitative estimate of drug-likeness (QED) is 0.698. The first-order valence-corrected chi connectivity index (χ1v) is 7.61. The molecule has 0 aliphatic carbocycles. The van der Waals surface area contributed by atoms with Gasteiger partial charge in [0.25, 0.3) is 0 Å². The molecule has 0 aliphatic heterocycles. The van der Waals surface area contributed by atoms with Crippen LogP contribution in [0, 0.1) is 5.82 Å². The number of methoxy groups -OCH3 is 1. The zero-order chi connectivity index (χ0) is 13.2. The van der Waals surface area contributed by atoms with Gasteiger partial charge in [-0.05, 0) is 42.0 Å². The Morgan fingerprint density at radius 1 is 1.44 bits per heavy atom. The molecule has 0 amide bonds. The Labute approximate surface area is 113 Å². The number of hydrogen-bond acceptors (Lipinski definition) is 3. The van der Waals surface area contributed by atoms with Crippen molar-refractivity contribution in [3.8, 4) is 0 Å². The zero-order valence-electron chi connectivity index (χ0n) is 11.1. The van der Waals surface area contributed by atoms with E-state index in [0.717, 1.165) is 30.8 Å². The van der Waals surface area contributed by atoms with Crippen molar-refractivity contribution >= 4 is 11.8 Å². The maximum Gasteiger partial charge on any atom is 0.123 e. The topological polar surface area (TPSA) is 21.3 Å². The summed E-state index contributed by atoms with van der Waals surface area (Å²) in [6, 6.07) is 6.93. The second-order valence-electron chi connectivity index (χ2n) is 4.23. The molecular formula is C14H22FNOS. The van der Waals surface area contributed by atoms with E-state index < -0.39 is 0 Å². The van der Waals surface area contributed by atoms with Gasteiger partial charge in [0.05, 0.1) is 6.61 Å². The summed E-state index contributed by atoms with van der Waals surface area (Å²) in [6.45, 7) is 2.41. The molecule has 0 spiro atoms. The summed E-state index contributed by atoms with van der Waals surface area (Å²) in [5, 5.41) is 3.36. The normalized spacial score (nSPS) is 12.6. The molecule has 1 aromatic carbocycles. The Kier molecular flexibility index (Phi) is 8.05. The predicted octanol–water partition coefficient (Wildman–Crippen LogP) is 2.90.